The summed E-state index contributed by atoms with van der Waals surface area (Å²) in [6.45, 7) is 16.8. The van der Waals surface area contributed by atoms with E-state index in [-0.39, 0.29) is 0 Å². The summed E-state index contributed by atoms with van der Waals surface area (Å²) in [4.78, 5) is 0. The quantitative estimate of drug-likeness (QED) is 0.151. The van der Waals surface area contributed by atoms with Crippen molar-refractivity contribution in [3.8, 4) is 22.3 Å². The molecule has 0 radical (unpaired) electrons. The summed E-state index contributed by atoms with van der Waals surface area (Å²) < 4.78 is 0. The molecular formula is C50H44. The summed E-state index contributed by atoms with van der Waals surface area (Å²) in [7, 11) is 0. The molecule has 50 heavy (non-hydrogen) atoms. The van der Waals surface area contributed by atoms with E-state index < -0.39 is 0 Å². The molecule has 4 aromatic rings. The Morgan fingerprint density at radius 1 is 0.520 bits per heavy atom. The monoisotopic (exact) mass is 644 g/mol. The first-order valence-electron chi connectivity index (χ1n) is 17.4. The molecule has 0 heterocycles. The third-order valence-electron chi connectivity index (χ3n) is 9.38. The van der Waals surface area contributed by atoms with Crippen LogP contribution in [0.3, 0.4) is 0 Å². The molecular weight excluding hydrogens is 601 g/mol. The summed E-state index contributed by atoms with van der Waals surface area (Å²) in [5.74, 6) is 0. The molecule has 244 valence electrons. The predicted molar refractivity (Wildman–Crippen MR) is 220 cm³/mol. The molecule has 4 aromatic carbocycles. The molecule has 0 nitrogen and oxygen atoms in total. The molecule has 2 aliphatic rings. The van der Waals surface area contributed by atoms with Crippen molar-refractivity contribution in [2.75, 3.05) is 0 Å². The highest BCUT2D eigenvalue weighted by molar-refractivity contribution is 6.02. The number of benzene rings is 3. The number of rotatable bonds is 10. The molecule has 0 amide bonds. The first kappa shape index (κ1) is 33.9. The lowest BCUT2D eigenvalue weighted by Gasteiger charge is -2.20. The van der Waals surface area contributed by atoms with E-state index >= 15 is 0 Å². The molecule has 2 aliphatic carbocycles. The van der Waals surface area contributed by atoms with Crippen molar-refractivity contribution in [1.82, 2.24) is 0 Å². The van der Waals surface area contributed by atoms with Gasteiger partial charge in [-0.1, -0.05) is 190 Å². The third kappa shape index (κ3) is 8.17. The zero-order valence-corrected chi connectivity index (χ0v) is 28.8. The van der Waals surface area contributed by atoms with Crippen LogP contribution >= 0.6 is 0 Å². The molecule has 0 heteroatoms. The van der Waals surface area contributed by atoms with Crippen LogP contribution in [0.1, 0.15) is 36.8 Å². The molecule has 0 bridgehead atoms. The van der Waals surface area contributed by atoms with Crippen molar-refractivity contribution >= 4 is 21.9 Å². The van der Waals surface area contributed by atoms with Crippen molar-refractivity contribution < 1.29 is 0 Å². The number of allylic oxidation sites excluding steroid dienone is 16. The van der Waals surface area contributed by atoms with Gasteiger partial charge in [-0.25, -0.2) is 0 Å². The minimum absolute atomic E-state index is 0.826. The number of hydrogen-bond acceptors (Lipinski definition) is 0. The Labute approximate surface area is 298 Å². The van der Waals surface area contributed by atoms with Gasteiger partial charge in [-0.05, 0) is 109 Å². The minimum atomic E-state index is 0.826. The fourth-order valence-electron chi connectivity index (χ4n) is 6.54. The molecule has 0 unspecified atom stereocenters. The van der Waals surface area contributed by atoms with Gasteiger partial charge >= 0.3 is 0 Å². The lowest BCUT2D eigenvalue weighted by molar-refractivity contribution is 0.905. The second kappa shape index (κ2) is 16.4. The highest BCUT2D eigenvalue weighted by Gasteiger charge is 2.15. The Balaban J connectivity index is 1.60. The Hall–Kier alpha value is -5.98. The maximum absolute atomic E-state index is 4.61. The summed E-state index contributed by atoms with van der Waals surface area (Å²) in [5, 5.41) is 2.32. The van der Waals surface area contributed by atoms with Gasteiger partial charge in [-0.2, -0.15) is 0 Å². The smallest absolute Gasteiger partial charge is 0.00933 e. The maximum Gasteiger partial charge on any atom is -0.00933 e. The fourth-order valence-corrected chi connectivity index (χ4v) is 6.54. The Bertz CT molecular complexity index is 2190. The molecule has 0 saturated heterocycles. The van der Waals surface area contributed by atoms with Gasteiger partial charge in [0.05, 0.1) is 0 Å². The van der Waals surface area contributed by atoms with Gasteiger partial charge in [0.2, 0.25) is 0 Å². The normalized spacial score (nSPS) is 14.1. The minimum Gasteiger partial charge on any atom is -0.0991 e. The highest BCUT2D eigenvalue weighted by Crippen LogP contribution is 2.38. The standard InChI is InChI=1S/C50H44/c1-5-6-17-37(2)38(3)26-27-39(4)47-25-16-24-43(40-18-10-7-11-19-40)32-34-48(45-30-28-44(29-31-45)41-20-12-8-13-21-41)49-35-33-46(36-50(47)49)42-22-14-9-15-23-42/h5-12,14-20,22-28,30,32-36H,1-4,13,21,29,31H2/b17-6-,24-16?,25-16?,27-26-,34-32?,43-24?,43-32?,47-25?,48-34?,49-48?,50-47?. The van der Waals surface area contributed by atoms with E-state index in [0.29, 0.717) is 0 Å². The van der Waals surface area contributed by atoms with Gasteiger partial charge in [0.25, 0.3) is 0 Å². The van der Waals surface area contributed by atoms with Crippen molar-refractivity contribution in [2.45, 2.75) is 25.7 Å². The summed E-state index contributed by atoms with van der Waals surface area (Å²) >= 11 is 0. The van der Waals surface area contributed by atoms with Crippen LogP contribution in [-0.4, -0.2) is 0 Å². The van der Waals surface area contributed by atoms with Crippen molar-refractivity contribution in [3.05, 3.63) is 230 Å². The van der Waals surface area contributed by atoms with Gasteiger partial charge < -0.3 is 0 Å². The van der Waals surface area contributed by atoms with E-state index in [1.54, 1.807) is 6.08 Å². The van der Waals surface area contributed by atoms with Gasteiger partial charge in [-0.3, -0.25) is 0 Å². The van der Waals surface area contributed by atoms with Crippen LogP contribution in [0.15, 0.2) is 219 Å². The molecule has 6 rings (SSSR count). The second-order valence-electron chi connectivity index (χ2n) is 12.7. The van der Waals surface area contributed by atoms with E-state index in [9.17, 15) is 0 Å². The van der Waals surface area contributed by atoms with Gasteiger partial charge in [0.1, 0.15) is 0 Å². The van der Waals surface area contributed by atoms with Crippen LogP contribution < -0.4 is 0 Å². The van der Waals surface area contributed by atoms with Gasteiger partial charge in [0.15, 0.2) is 0 Å². The zero-order chi connectivity index (χ0) is 34.7. The topological polar surface area (TPSA) is 0 Å². The van der Waals surface area contributed by atoms with Crippen LogP contribution in [0.2, 0.25) is 0 Å². The summed E-state index contributed by atoms with van der Waals surface area (Å²) in [5.41, 5.74) is 13.7. The Kier molecular flexibility index (Phi) is 11.1. The van der Waals surface area contributed by atoms with Crippen LogP contribution in [-0.2, 0) is 0 Å². The van der Waals surface area contributed by atoms with Crippen LogP contribution in [0.25, 0.3) is 44.2 Å². The summed E-state index contributed by atoms with van der Waals surface area (Å²) in [6.07, 6.45) is 25.3. The molecule has 0 aromatic heterocycles. The molecule has 0 atom stereocenters. The molecule has 0 fully saturated rings. The average Bonchev–Trinajstić information content (AvgIpc) is 3.18. The largest absolute Gasteiger partial charge is 0.0991 e. The zero-order valence-electron chi connectivity index (χ0n) is 28.8. The van der Waals surface area contributed by atoms with Crippen LogP contribution in [0.5, 0.6) is 0 Å². The molecule has 0 aliphatic heterocycles. The molecule has 0 N–H and O–H groups in total. The second-order valence-corrected chi connectivity index (χ2v) is 12.7. The van der Waals surface area contributed by atoms with Crippen LogP contribution in [0.4, 0.5) is 0 Å². The first-order valence-corrected chi connectivity index (χ1v) is 17.4. The van der Waals surface area contributed by atoms with E-state index in [4.69, 9.17) is 0 Å². The first-order chi connectivity index (χ1) is 24.5. The highest BCUT2D eigenvalue weighted by atomic mass is 14.2. The Morgan fingerprint density at radius 2 is 1.14 bits per heavy atom. The molecule has 0 saturated carbocycles. The number of hydrogen-bond donors (Lipinski definition) is 0. The van der Waals surface area contributed by atoms with Gasteiger partial charge in [-0.15, -0.1) is 0 Å². The van der Waals surface area contributed by atoms with Crippen molar-refractivity contribution in [2.24, 2.45) is 0 Å². The third-order valence-corrected chi connectivity index (χ3v) is 9.38. The van der Waals surface area contributed by atoms with Crippen molar-refractivity contribution in [1.29, 1.82) is 0 Å². The fraction of sp³-hybridized carbons (Fsp3) is 0.0800. The Morgan fingerprint density at radius 3 is 1.82 bits per heavy atom. The van der Waals surface area contributed by atoms with E-state index in [1.807, 2.05) is 18.2 Å². The van der Waals surface area contributed by atoms with Crippen molar-refractivity contribution in [3.63, 3.8) is 0 Å². The van der Waals surface area contributed by atoms with E-state index in [0.717, 1.165) is 64.5 Å². The van der Waals surface area contributed by atoms with E-state index in [2.05, 4.69) is 172 Å². The van der Waals surface area contributed by atoms with Crippen LogP contribution in [0, 0.1) is 0 Å². The lowest BCUT2D eigenvalue weighted by atomic mass is 9.85. The van der Waals surface area contributed by atoms with E-state index in [1.165, 1.54) is 38.8 Å². The molecule has 0 spiro atoms. The van der Waals surface area contributed by atoms with Gasteiger partial charge in [0, 0.05) is 0 Å². The average molecular weight is 645 g/mol. The number of fused-ring (bicyclic) bond motifs is 1. The SMILES string of the molecule is C=C/C=C\C(=C)C(=C)/C=C\C(=C)c1cccc(-c2ccccc2)ccc(C2=CC=C(C3=CC=CCC3)CC2)c2ccc(-c3ccccc3)cc12. The predicted octanol–water partition coefficient (Wildman–Crippen LogP) is 14.1. The lowest BCUT2D eigenvalue weighted by Crippen LogP contribution is -1.99. The summed E-state index contributed by atoms with van der Waals surface area (Å²) in [6, 6.07) is 39.2. The maximum atomic E-state index is 4.61.